The van der Waals surface area contributed by atoms with Gasteiger partial charge in [0, 0.05) is 0 Å². The van der Waals surface area contributed by atoms with Crippen LogP contribution in [0.1, 0.15) is 207 Å². The third-order valence-corrected chi connectivity index (χ3v) is 29.6. The maximum atomic E-state index is 13.4. The fourth-order valence-electron chi connectivity index (χ4n) is 5.82. The van der Waals surface area contributed by atoms with Crippen molar-refractivity contribution in [2.75, 3.05) is 23.0 Å². The molecule has 320 valence electrons. The summed E-state index contributed by atoms with van der Waals surface area (Å²) in [6.45, 7) is 8.36. The van der Waals surface area contributed by atoms with E-state index in [1.54, 1.807) is 0 Å². The second-order valence-corrected chi connectivity index (χ2v) is 29.7. The van der Waals surface area contributed by atoms with Gasteiger partial charge in [-0.15, -0.1) is 0 Å². The fourth-order valence-corrected chi connectivity index (χ4v) is 28.1. The van der Waals surface area contributed by atoms with E-state index in [0.717, 1.165) is 128 Å². The van der Waals surface area contributed by atoms with Crippen LogP contribution in [0.3, 0.4) is 0 Å². The first-order valence-electron chi connectivity index (χ1n) is 20.8. The van der Waals surface area contributed by atoms with Gasteiger partial charge < -0.3 is 0 Å². The molecule has 0 aromatic rings. The fraction of sp³-hybridized carbons (Fsp3) is 1.00. The van der Waals surface area contributed by atoms with Crippen molar-refractivity contribution >= 4 is 60.5 Å². The first kappa shape index (κ1) is 53.4. The molecule has 0 amide bonds. The zero-order valence-corrected chi connectivity index (χ0v) is 39.8. The van der Waals surface area contributed by atoms with Crippen LogP contribution in [-0.4, -0.2) is 76.7 Å². The molecule has 12 nitrogen and oxygen atoms in total. The van der Waals surface area contributed by atoms with Gasteiger partial charge in [-0.3, -0.25) is 0 Å². The summed E-state index contributed by atoms with van der Waals surface area (Å²) in [5.41, 5.74) is 0. The average Bonchev–Trinajstić information content (AvgIpc) is 3.05. The van der Waals surface area contributed by atoms with Gasteiger partial charge in [0.2, 0.25) is 0 Å². The molecule has 0 saturated carbocycles. The Morgan fingerprint density at radius 2 is 0.415 bits per heavy atom. The Hall–Kier alpha value is 0.439. The predicted octanol–water partition coefficient (Wildman–Crippen LogP) is 9.81. The van der Waals surface area contributed by atoms with Crippen molar-refractivity contribution in [3.8, 4) is 0 Å². The molecule has 0 unspecified atom stereocenters. The van der Waals surface area contributed by atoms with Crippen molar-refractivity contribution in [1.82, 2.24) is 0 Å². The van der Waals surface area contributed by atoms with Crippen LogP contribution in [0.5, 0.6) is 0 Å². The first-order valence-corrected chi connectivity index (χ1v) is 31.8. The summed E-state index contributed by atoms with van der Waals surface area (Å²) < 4.78 is 128. The minimum atomic E-state index is -7.10. The summed E-state index contributed by atoms with van der Waals surface area (Å²) >= 11 is -7.10. The van der Waals surface area contributed by atoms with Crippen molar-refractivity contribution in [2.45, 2.75) is 207 Å². The topological polar surface area (TPSA) is 173 Å². The van der Waals surface area contributed by atoms with Gasteiger partial charge in [-0.25, -0.2) is 0 Å². The van der Waals surface area contributed by atoms with Crippen molar-refractivity contribution < 1.29 is 43.8 Å². The molecule has 0 spiro atoms. The van der Waals surface area contributed by atoms with Gasteiger partial charge in [-0.1, -0.05) is 0 Å². The van der Waals surface area contributed by atoms with Crippen LogP contribution in [0.15, 0.2) is 0 Å². The Morgan fingerprint density at radius 1 is 0.264 bits per heavy atom. The average molecular weight is 948 g/mol. The molecule has 53 heavy (non-hydrogen) atoms. The molecular weight excluding hydrogens is 871 g/mol. The van der Waals surface area contributed by atoms with Crippen molar-refractivity contribution in [2.24, 2.45) is 0 Å². The molecule has 0 bridgehead atoms. The van der Waals surface area contributed by atoms with E-state index >= 15 is 0 Å². The summed E-state index contributed by atoms with van der Waals surface area (Å²) in [7, 11) is -19.0. The van der Waals surface area contributed by atoms with Crippen LogP contribution < -0.4 is 0 Å². The summed E-state index contributed by atoms with van der Waals surface area (Å²) in [6.07, 6.45) is 21.9. The molecule has 0 atom stereocenters. The van der Waals surface area contributed by atoms with E-state index in [-0.39, 0.29) is 25.7 Å². The molecule has 0 radical (unpaired) electrons. The third kappa shape index (κ3) is 32.1. The Balaban J connectivity index is 6.30. The molecule has 0 aliphatic rings. The number of hydrogen-bond acceptors (Lipinski definition) is 12. The van der Waals surface area contributed by atoms with Crippen LogP contribution in [0.2, 0.25) is 0 Å². The Kier molecular flexibility index (Phi) is 31.7. The zero-order valence-electron chi connectivity index (χ0n) is 33.7. The van der Waals surface area contributed by atoms with Crippen LogP contribution in [0, 0.1) is 0 Å². The monoisotopic (exact) mass is 948 g/mol. The van der Waals surface area contributed by atoms with Crippen LogP contribution in [-0.2, 0) is 50.6 Å². The molecule has 0 N–H and O–H groups in total. The molecule has 0 saturated heterocycles. The van der Waals surface area contributed by atoms with Gasteiger partial charge in [0.05, 0.1) is 0 Å². The van der Waals surface area contributed by atoms with E-state index in [4.69, 9.17) is 10.1 Å². The molecule has 0 aliphatic heterocycles. The van der Waals surface area contributed by atoms with Gasteiger partial charge >= 0.3 is 335 Å². The summed E-state index contributed by atoms with van der Waals surface area (Å²) in [4.78, 5) is 0. The third-order valence-electron chi connectivity index (χ3n) is 8.91. The summed E-state index contributed by atoms with van der Waals surface area (Å²) in [5.74, 6) is -2.43. The minimum absolute atomic E-state index is 0.136. The zero-order chi connectivity index (χ0) is 40.0. The second-order valence-electron chi connectivity index (χ2n) is 14.4. The predicted molar refractivity (Wildman–Crippen MR) is 217 cm³/mol. The number of hydrogen-bond donors (Lipinski definition) is 0. The standard InChI is InChI=1S/4C9H20O3S.Sn/c4*1-2-3-4-5-6-7-8-9-13(10,11)12;/h4*2-9H2,1H3,(H,10,11,12);/q;;;;+4/p-4. The van der Waals surface area contributed by atoms with Crippen molar-refractivity contribution in [3.63, 3.8) is 0 Å². The molecule has 0 aliphatic carbocycles. The molecule has 17 heteroatoms. The number of unbranched alkanes of at least 4 members (excludes halogenated alkanes) is 24. The van der Waals surface area contributed by atoms with Crippen molar-refractivity contribution in [3.05, 3.63) is 0 Å². The molecule has 0 heterocycles. The summed E-state index contributed by atoms with van der Waals surface area (Å²) in [5, 5.41) is 0. The quantitative estimate of drug-likeness (QED) is 0.0421. The SMILES string of the molecule is CCCCCCCCCS(=O)(=O)[O][Sn]([O]S(=O)(=O)CCCCCCCCC)([O]S(=O)(=O)CCCCCCCCC)[O]S(=O)(=O)CCCCCCCCC. The van der Waals surface area contributed by atoms with E-state index in [9.17, 15) is 33.7 Å². The normalized spacial score (nSPS) is 13.2. The van der Waals surface area contributed by atoms with Crippen molar-refractivity contribution in [1.29, 1.82) is 0 Å². The van der Waals surface area contributed by atoms with Crippen LogP contribution in [0.25, 0.3) is 0 Å². The van der Waals surface area contributed by atoms with E-state index in [1.807, 2.05) is 0 Å². The van der Waals surface area contributed by atoms with E-state index < -0.39 is 83.5 Å². The Labute approximate surface area is 332 Å². The Bertz CT molecular complexity index is 1120. The molecular formula is C36H76O12S4Sn. The van der Waals surface area contributed by atoms with Gasteiger partial charge in [0.1, 0.15) is 0 Å². The molecule has 0 aromatic heterocycles. The Morgan fingerprint density at radius 3 is 0.585 bits per heavy atom. The molecule has 0 aromatic carbocycles. The van der Waals surface area contributed by atoms with Gasteiger partial charge in [0.15, 0.2) is 0 Å². The van der Waals surface area contributed by atoms with Gasteiger partial charge in [0.25, 0.3) is 0 Å². The molecule has 0 fully saturated rings. The van der Waals surface area contributed by atoms with E-state index in [2.05, 4.69) is 27.7 Å². The second kappa shape index (κ2) is 31.4. The van der Waals surface area contributed by atoms with E-state index in [1.165, 1.54) is 0 Å². The van der Waals surface area contributed by atoms with E-state index in [0.29, 0.717) is 25.7 Å². The van der Waals surface area contributed by atoms with Gasteiger partial charge in [-0.2, -0.15) is 0 Å². The number of rotatable bonds is 40. The maximum absolute atomic E-state index is 13.4. The first-order chi connectivity index (χ1) is 25.1. The van der Waals surface area contributed by atoms with Crippen LogP contribution in [0.4, 0.5) is 0 Å². The molecule has 0 rings (SSSR count). The summed E-state index contributed by atoms with van der Waals surface area (Å²) in [6, 6.07) is 0. The van der Waals surface area contributed by atoms with Gasteiger partial charge in [-0.05, 0) is 0 Å². The van der Waals surface area contributed by atoms with Crippen LogP contribution >= 0.6 is 0 Å².